The normalized spacial score (nSPS) is 23.9. The molecule has 2 fully saturated rings. The van der Waals surface area contributed by atoms with Crippen LogP contribution in [0.1, 0.15) is 30.7 Å². The van der Waals surface area contributed by atoms with Gasteiger partial charge in [0, 0.05) is 29.1 Å². The van der Waals surface area contributed by atoms with E-state index in [0.717, 1.165) is 52.2 Å². The molecule has 28 heavy (non-hydrogen) atoms. The van der Waals surface area contributed by atoms with Crippen molar-refractivity contribution >= 4 is 34.1 Å². The van der Waals surface area contributed by atoms with Crippen molar-refractivity contribution < 1.29 is 4.79 Å². The lowest BCUT2D eigenvalue weighted by Gasteiger charge is -2.37. The molecule has 144 valence electrons. The number of carbonyl (C=O) groups excluding carboxylic acids is 1. The molecule has 2 saturated heterocycles. The Morgan fingerprint density at radius 1 is 1.14 bits per heavy atom. The molecule has 2 amide bonds. The minimum atomic E-state index is -0.107. The number of benzene rings is 1. The molecule has 2 bridgehead atoms. The third-order valence-corrected chi connectivity index (χ3v) is 6.49. The summed E-state index contributed by atoms with van der Waals surface area (Å²) in [7, 11) is 0. The molecule has 5 rings (SSSR count). The minimum absolute atomic E-state index is 0.107. The number of urea groups is 1. The monoisotopic (exact) mass is 395 g/mol. The van der Waals surface area contributed by atoms with Crippen molar-refractivity contribution in [3.8, 4) is 10.6 Å². The van der Waals surface area contributed by atoms with E-state index < -0.39 is 0 Å². The first kappa shape index (κ1) is 17.4. The SMILES string of the molecule is Cc1nnc(-c2ccc3nnc(NC(=O)N4[C@@H]5CC[C@H]4C[C@H](N)C5)cc3c2)s1. The fraction of sp³-hybridized carbons (Fsp3) is 0.421. The van der Waals surface area contributed by atoms with E-state index >= 15 is 0 Å². The third kappa shape index (κ3) is 3.10. The van der Waals surface area contributed by atoms with Crippen LogP contribution in [0.3, 0.4) is 0 Å². The summed E-state index contributed by atoms with van der Waals surface area (Å²) < 4.78 is 0. The quantitative estimate of drug-likeness (QED) is 0.690. The lowest BCUT2D eigenvalue weighted by atomic mass is 9.99. The largest absolute Gasteiger partial charge is 0.328 e. The van der Waals surface area contributed by atoms with Gasteiger partial charge < -0.3 is 10.6 Å². The predicted molar refractivity (Wildman–Crippen MR) is 108 cm³/mol. The summed E-state index contributed by atoms with van der Waals surface area (Å²) in [5.74, 6) is 0.456. The molecule has 0 unspecified atom stereocenters. The molecule has 3 N–H and O–H groups in total. The predicted octanol–water partition coefficient (Wildman–Crippen LogP) is 2.94. The Morgan fingerprint density at radius 2 is 1.93 bits per heavy atom. The summed E-state index contributed by atoms with van der Waals surface area (Å²) in [4.78, 5) is 14.8. The van der Waals surface area contributed by atoms with E-state index in [0.29, 0.717) is 5.82 Å². The highest BCUT2D eigenvalue weighted by Crippen LogP contribution is 2.35. The Bertz CT molecular complexity index is 1040. The summed E-state index contributed by atoms with van der Waals surface area (Å²) in [6.45, 7) is 1.93. The Labute approximate surface area is 166 Å². The zero-order valence-electron chi connectivity index (χ0n) is 15.5. The Balaban J connectivity index is 1.39. The van der Waals surface area contributed by atoms with E-state index in [1.807, 2.05) is 36.1 Å². The number of amides is 2. The fourth-order valence-electron chi connectivity index (χ4n) is 4.38. The van der Waals surface area contributed by atoms with Crippen LogP contribution in [0.2, 0.25) is 0 Å². The van der Waals surface area contributed by atoms with Crippen LogP contribution in [0.4, 0.5) is 10.6 Å². The van der Waals surface area contributed by atoms with Gasteiger partial charge in [0.15, 0.2) is 5.82 Å². The summed E-state index contributed by atoms with van der Waals surface area (Å²) in [6, 6.07) is 8.28. The van der Waals surface area contributed by atoms with Gasteiger partial charge in [0.05, 0.1) is 5.52 Å². The third-order valence-electron chi connectivity index (χ3n) is 5.60. The number of nitrogens with zero attached hydrogens (tertiary/aromatic N) is 5. The molecule has 2 aliphatic heterocycles. The van der Waals surface area contributed by atoms with Gasteiger partial charge in [-0.05, 0) is 56.9 Å². The van der Waals surface area contributed by atoms with Crippen molar-refractivity contribution in [3.05, 3.63) is 29.3 Å². The van der Waals surface area contributed by atoms with Crippen molar-refractivity contribution in [3.63, 3.8) is 0 Å². The number of rotatable bonds is 2. The zero-order chi connectivity index (χ0) is 19.3. The molecule has 2 aliphatic rings. The van der Waals surface area contributed by atoms with Gasteiger partial charge in [-0.2, -0.15) is 0 Å². The van der Waals surface area contributed by atoms with Crippen molar-refractivity contribution in [2.24, 2.45) is 5.73 Å². The van der Waals surface area contributed by atoms with Crippen molar-refractivity contribution in [2.45, 2.75) is 50.7 Å². The molecule has 3 aromatic rings. The second kappa shape index (κ2) is 6.75. The number of hydrogen-bond acceptors (Lipinski definition) is 7. The van der Waals surface area contributed by atoms with Gasteiger partial charge in [-0.3, -0.25) is 5.32 Å². The maximum absolute atomic E-state index is 12.9. The van der Waals surface area contributed by atoms with Crippen LogP contribution in [0.15, 0.2) is 24.3 Å². The van der Waals surface area contributed by atoms with E-state index in [1.54, 1.807) is 11.3 Å². The Kier molecular flexibility index (Phi) is 4.21. The number of fused-ring (bicyclic) bond motifs is 3. The van der Waals surface area contributed by atoms with Gasteiger partial charge in [0.2, 0.25) is 0 Å². The van der Waals surface area contributed by atoms with Gasteiger partial charge in [-0.1, -0.05) is 11.3 Å². The molecule has 9 heteroatoms. The van der Waals surface area contributed by atoms with Crippen LogP contribution in [-0.4, -0.2) is 49.5 Å². The first-order valence-electron chi connectivity index (χ1n) is 9.50. The van der Waals surface area contributed by atoms with E-state index in [2.05, 4.69) is 25.7 Å². The van der Waals surface area contributed by atoms with Gasteiger partial charge in [-0.15, -0.1) is 20.4 Å². The van der Waals surface area contributed by atoms with Crippen molar-refractivity contribution in [1.82, 2.24) is 25.3 Å². The molecule has 4 heterocycles. The second-order valence-electron chi connectivity index (χ2n) is 7.58. The van der Waals surface area contributed by atoms with E-state index in [4.69, 9.17) is 5.73 Å². The number of hydrogen-bond donors (Lipinski definition) is 2. The molecule has 8 nitrogen and oxygen atoms in total. The molecule has 3 atom stereocenters. The highest BCUT2D eigenvalue weighted by Gasteiger charge is 2.42. The first-order valence-corrected chi connectivity index (χ1v) is 10.3. The van der Waals surface area contributed by atoms with Crippen LogP contribution in [0.5, 0.6) is 0 Å². The number of carbonyl (C=O) groups is 1. The van der Waals surface area contributed by atoms with Gasteiger partial charge >= 0.3 is 6.03 Å². The first-order chi connectivity index (χ1) is 13.6. The van der Waals surface area contributed by atoms with Crippen LogP contribution in [0, 0.1) is 6.92 Å². The summed E-state index contributed by atoms with van der Waals surface area (Å²) in [5, 5.41) is 22.3. The van der Waals surface area contributed by atoms with Crippen LogP contribution in [0.25, 0.3) is 21.5 Å². The average molecular weight is 395 g/mol. The molecule has 2 aromatic heterocycles. The summed E-state index contributed by atoms with van der Waals surface area (Å²) >= 11 is 1.55. The maximum Gasteiger partial charge on any atom is 0.323 e. The number of nitrogens with one attached hydrogen (secondary N) is 1. The molecular formula is C19H21N7OS. The second-order valence-corrected chi connectivity index (χ2v) is 8.76. The molecule has 0 aliphatic carbocycles. The number of aromatic nitrogens is 4. The van der Waals surface area contributed by atoms with Crippen LogP contribution < -0.4 is 11.1 Å². The number of nitrogens with two attached hydrogens (primary N) is 1. The van der Waals surface area contributed by atoms with Crippen molar-refractivity contribution in [1.29, 1.82) is 0 Å². The molecule has 0 radical (unpaired) electrons. The van der Waals surface area contributed by atoms with E-state index in [-0.39, 0.29) is 24.2 Å². The smallest absolute Gasteiger partial charge is 0.323 e. The topological polar surface area (TPSA) is 110 Å². The highest BCUT2D eigenvalue weighted by molar-refractivity contribution is 7.14. The molecule has 0 saturated carbocycles. The number of anilines is 1. The average Bonchev–Trinajstić information content (AvgIpc) is 3.22. The highest BCUT2D eigenvalue weighted by atomic mass is 32.1. The molecule has 1 aromatic carbocycles. The Hall–Kier alpha value is -2.65. The minimum Gasteiger partial charge on any atom is -0.328 e. The van der Waals surface area contributed by atoms with Gasteiger partial charge in [0.25, 0.3) is 0 Å². The van der Waals surface area contributed by atoms with E-state index in [1.165, 1.54) is 0 Å². The van der Waals surface area contributed by atoms with Crippen LogP contribution >= 0.6 is 11.3 Å². The van der Waals surface area contributed by atoms with Gasteiger partial charge in [-0.25, -0.2) is 4.79 Å². The van der Waals surface area contributed by atoms with E-state index in [9.17, 15) is 4.79 Å². The number of aryl methyl sites for hydroxylation is 1. The maximum atomic E-state index is 12.9. The van der Waals surface area contributed by atoms with Gasteiger partial charge in [0.1, 0.15) is 10.0 Å². The zero-order valence-corrected chi connectivity index (χ0v) is 16.3. The molecule has 0 spiro atoms. The lowest BCUT2D eigenvalue weighted by Crippen LogP contribution is -2.51. The van der Waals surface area contributed by atoms with Crippen molar-refractivity contribution in [2.75, 3.05) is 5.32 Å². The fourth-order valence-corrected chi connectivity index (χ4v) is 5.07. The van der Waals surface area contributed by atoms with Crippen LogP contribution in [-0.2, 0) is 0 Å². The lowest BCUT2D eigenvalue weighted by molar-refractivity contribution is 0.150. The number of piperidine rings is 1. The summed E-state index contributed by atoms with van der Waals surface area (Å²) in [5.41, 5.74) is 7.86. The Morgan fingerprint density at radius 3 is 2.64 bits per heavy atom. The standard InChI is InChI=1S/C19H21N7OS/c1-10-22-25-18(28-10)11-2-5-16-12(6-11)7-17(24-23-16)21-19(27)26-14-3-4-15(26)9-13(20)8-14/h2,5-7,13-15H,3-4,8-9,20H2,1H3,(H,21,24,27)/t13-,14-,15+. The summed E-state index contributed by atoms with van der Waals surface area (Å²) in [6.07, 6.45) is 3.80. The molecular weight excluding hydrogens is 374 g/mol.